The van der Waals surface area contributed by atoms with E-state index in [1.54, 1.807) is 16.7 Å². The van der Waals surface area contributed by atoms with E-state index in [1.807, 2.05) is 67.6 Å². The van der Waals surface area contributed by atoms with Crippen molar-refractivity contribution in [2.24, 2.45) is 0 Å². The molecule has 5 rings (SSSR count). The van der Waals surface area contributed by atoms with Crippen LogP contribution in [0.2, 0.25) is 5.02 Å². The third kappa shape index (κ3) is 4.67. The third-order valence-corrected chi connectivity index (χ3v) is 6.94. The number of benzene rings is 3. The quantitative estimate of drug-likeness (QED) is 0.265. The molecule has 0 N–H and O–H groups in total. The maximum absolute atomic E-state index is 14.0. The fraction of sp³-hybridized carbons (Fsp3) is 0.214. The molecule has 0 amide bonds. The van der Waals surface area contributed by atoms with Gasteiger partial charge in [-0.2, -0.15) is 0 Å². The summed E-state index contributed by atoms with van der Waals surface area (Å²) in [7, 11) is 0. The first kappa shape index (κ1) is 23.9. The molecule has 1 aliphatic rings. The summed E-state index contributed by atoms with van der Waals surface area (Å²) >= 11 is 5.98. The minimum Gasteiger partial charge on any atom is -0.294 e. The van der Waals surface area contributed by atoms with Crippen molar-refractivity contribution in [2.45, 2.75) is 32.5 Å². The fourth-order valence-electron chi connectivity index (χ4n) is 4.92. The number of nitro groups is 1. The molecule has 7 nitrogen and oxygen atoms in total. The Hall–Kier alpha value is -3.81. The molecule has 0 radical (unpaired) electrons. The number of hydrogen-bond donors (Lipinski definition) is 0. The molecule has 2 heterocycles. The Morgan fingerprint density at radius 2 is 1.67 bits per heavy atom. The lowest BCUT2D eigenvalue weighted by molar-refractivity contribution is -0.384. The molecule has 0 bridgehead atoms. The molecule has 8 heteroatoms. The minimum absolute atomic E-state index is 0.0537. The van der Waals surface area contributed by atoms with Gasteiger partial charge in [-0.1, -0.05) is 78.3 Å². The van der Waals surface area contributed by atoms with Crippen molar-refractivity contribution in [3.8, 4) is 0 Å². The van der Waals surface area contributed by atoms with Gasteiger partial charge in [-0.3, -0.25) is 24.4 Å². The standard InChI is InChI=1S/C28H25ClN4O3/c1-19-30-25-14-15-31(17-20-12-13-24(29)26(16-20)33(35)36)18-23(25)28(34)32(19)27(21-8-4-2-5-9-21)22-10-6-3-7-11-22/h2-13,16,27H,14-15,17-18H2,1H3. The molecule has 182 valence electrons. The van der Waals surface area contributed by atoms with Crippen molar-refractivity contribution in [2.75, 3.05) is 6.54 Å². The van der Waals surface area contributed by atoms with Gasteiger partial charge >= 0.3 is 0 Å². The van der Waals surface area contributed by atoms with Crippen LogP contribution in [0.25, 0.3) is 0 Å². The van der Waals surface area contributed by atoms with Crippen LogP contribution in [0.15, 0.2) is 83.7 Å². The molecule has 0 spiro atoms. The predicted octanol–water partition coefficient (Wildman–Crippen LogP) is 5.31. The first-order chi connectivity index (χ1) is 17.4. The molecule has 0 unspecified atom stereocenters. The van der Waals surface area contributed by atoms with E-state index in [-0.39, 0.29) is 22.3 Å². The van der Waals surface area contributed by atoms with Gasteiger partial charge in [0.2, 0.25) is 0 Å². The Morgan fingerprint density at radius 1 is 1.03 bits per heavy atom. The van der Waals surface area contributed by atoms with Crippen LogP contribution in [-0.4, -0.2) is 25.9 Å². The Kier molecular flexibility index (Phi) is 6.67. The second-order valence-corrected chi connectivity index (χ2v) is 9.39. The van der Waals surface area contributed by atoms with Crippen LogP contribution in [0.4, 0.5) is 5.69 Å². The monoisotopic (exact) mass is 500 g/mol. The third-order valence-electron chi connectivity index (χ3n) is 6.62. The highest BCUT2D eigenvalue weighted by molar-refractivity contribution is 6.32. The Labute approximate surface area is 213 Å². The Bertz CT molecular complexity index is 1430. The van der Waals surface area contributed by atoms with E-state index in [1.165, 1.54) is 6.07 Å². The number of halogens is 1. The van der Waals surface area contributed by atoms with E-state index in [9.17, 15) is 14.9 Å². The summed E-state index contributed by atoms with van der Waals surface area (Å²) in [6, 6.07) is 24.5. The van der Waals surface area contributed by atoms with Crippen molar-refractivity contribution in [1.29, 1.82) is 0 Å². The second kappa shape index (κ2) is 10.0. The van der Waals surface area contributed by atoms with E-state index in [4.69, 9.17) is 16.6 Å². The van der Waals surface area contributed by atoms with Crippen LogP contribution in [-0.2, 0) is 19.5 Å². The highest BCUT2D eigenvalue weighted by atomic mass is 35.5. The molecule has 4 aromatic rings. The SMILES string of the molecule is Cc1nc2c(c(=O)n1C(c1ccccc1)c1ccccc1)CN(Cc1ccc(Cl)c([N+](=O)[O-])c1)CC2. The van der Waals surface area contributed by atoms with Crippen LogP contribution in [0.1, 0.15) is 39.8 Å². The van der Waals surface area contributed by atoms with Crippen LogP contribution in [0.5, 0.6) is 0 Å². The number of nitrogens with zero attached hydrogens (tertiary/aromatic N) is 4. The first-order valence-electron chi connectivity index (χ1n) is 11.8. The summed E-state index contributed by atoms with van der Waals surface area (Å²) in [6.45, 7) is 3.50. The fourth-order valence-corrected chi connectivity index (χ4v) is 5.11. The van der Waals surface area contributed by atoms with E-state index >= 15 is 0 Å². The van der Waals surface area contributed by atoms with Gasteiger partial charge in [0.15, 0.2) is 0 Å². The van der Waals surface area contributed by atoms with Gasteiger partial charge in [0.1, 0.15) is 10.8 Å². The van der Waals surface area contributed by atoms with E-state index in [0.717, 1.165) is 22.4 Å². The zero-order chi connectivity index (χ0) is 25.2. The van der Waals surface area contributed by atoms with E-state index in [2.05, 4.69) is 4.90 Å². The summed E-state index contributed by atoms with van der Waals surface area (Å²) < 4.78 is 1.79. The van der Waals surface area contributed by atoms with Crippen LogP contribution < -0.4 is 5.56 Å². The van der Waals surface area contributed by atoms with Crippen LogP contribution in [0, 0.1) is 17.0 Å². The summed E-state index contributed by atoms with van der Waals surface area (Å²) in [5.74, 6) is 0.679. The van der Waals surface area contributed by atoms with E-state index in [0.29, 0.717) is 37.4 Å². The summed E-state index contributed by atoms with van der Waals surface area (Å²) in [4.78, 5) is 31.8. The zero-order valence-corrected chi connectivity index (χ0v) is 20.6. The van der Waals surface area contributed by atoms with Crippen molar-refractivity contribution >= 4 is 17.3 Å². The van der Waals surface area contributed by atoms with E-state index < -0.39 is 4.92 Å². The maximum Gasteiger partial charge on any atom is 0.288 e. The maximum atomic E-state index is 14.0. The zero-order valence-electron chi connectivity index (χ0n) is 19.8. The summed E-state index contributed by atoms with van der Waals surface area (Å²) in [5.41, 5.74) is 4.14. The topological polar surface area (TPSA) is 81.3 Å². The average Bonchev–Trinajstić information content (AvgIpc) is 2.89. The highest BCUT2D eigenvalue weighted by Gasteiger charge is 2.27. The van der Waals surface area contributed by atoms with Crippen molar-refractivity contribution in [3.05, 3.63) is 138 Å². The largest absolute Gasteiger partial charge is 0.294 e. The molecule has 0 saturated carbocycles. The molecule has 0 saturated heterocycles. The lowest BCUT2D eigenvalue weighted by atomic mass is 9.97. The van der Waals surface area contributed by atoms with Crippen LogP contribution >= 0.6 is 11.6 Å². The lowest BCUT2D eigenvalue weighted by Crippen LogP contribution is -2.40. The first-order valence-corrected chi connectivity index (χ1v) is 12.2. The summed E-state index contributed by atoms with van der Waals surface area (Å²) in [6.07, 6.45) is 0.642. The summed E-state index contributed by atoms with van der Waals surface area (Å²) in [5, 5.41) is 11.4. The number of aryl methyl sites for hydroxylation is 1. The van der Waals surface area contributed by atoms with Crippen molar-refractivity contribution < 1.29 is 4.92 Å². The molecule has 0 fully saturated rings. The molecule has 0 atom stereocenters. The second-order valence-electron chi connectivity index (χ2n) is 8.99. The average molecular weight is 501 g/mol. The van der Waals surface area contributed by atoms with Gasteiger partial charge in [0, 0.05) is 32.1 Å². The van der Waals surface area contributed by atoms with Gasteiger partial charge in [0.25, 0.3) is 11.2 Å². The van der Waals surface area contributed by atoms with Crippen LogP contribution in [0.3, 0.4) is 0 Å². The molecule has 36 heavy (non-hydrogen) atoms. The molecular weight excluding hydrogens is 476 g/mol. The number of rotatable bonds is 6. The number of nitro benzene ring substituents is 1. The minimum atomic E-state index is -0.476. The molecule has 1 aromatic heterocycles. The lowest BCUT2D eigenvalue weighted by Gasteiger charge is -2.30. The van der Waals surface area contributed by atoms with Gasteiger partial charge in [-0.05, 0) is 29.7 Å². The molecule has 0 aliphatic carbocycles. The number of fused-ring (bicyclic) bond motifs is 1. The normalized spacial score (nSPS) is 13.5. The molecule has 1 aliphatic heterocycles. The van der Waals surface area contributed by atoms with Gasteiger partial charge in [-0.15, -0.1) is 0 Å². The van der Waals surface area contributed by atoms with Gasteiger partial charge in [0.05, 0.1) is 22.2 Å². The van der Waals surface area contributed by atoms with Crippen molar-refractivity contribution in [1.82, 2.24) is 14.5 Å². The molecular formula is C28H25ClN4O3. The molecule has 3 aromatic carbocycles. The van der Waals surface area contributed by atoms with Crippen molar-refractivity contribution in [3.63, 3.8) is 0 Å². The van der Waals surface area contributed by atoms with Gasteiger partial charge < -0.3 is 0 Å². The smallest absolute Gasteiger partial charge is 0.288 e. The predicted molar refractivity (Wildman–Crippen MR) is 139 cm³/mol. The highest BCUT2D eigenvalue weighted by Crippen LogP contribution is 2.29. The number of aromatic nitrogens is 2. The van der Waals surface area contributed by atoms with Gasteiger partial charge in [-0.25, -0.2) is 4.98 Å². The number of hydrogen-bond acceptors (Lipinski definition) is 5. The Balaban J connectivity index is 1.53. The Morgan fingerprint density at radius 3 is 2.28 bits per heavy atom.